The maximum absolute atomic E-state index is 12.0. The van der Waals surface area contributed by atoms with E-state index in [-0.39, 0.29) is 5.91 Å². The fraction of sp³-hybridized carbons (Fsp3) is 0.471. The third-order valence-electron chi connectivity index (χ3n) is 3.93. The van der Waals surface area contributed by atoms with Crippen molar-refractivity contribution < 1.29 is 4.79 Å². The predicted molar refractivity (Wildman–Crippen MR) is 88.3 cm³/mol. The Morgan fingerprint density at radius 2 is 2.19 bits per heavy atom. The van der Waals surface area contributed by atoms with Gasteiger partial charge in [-0.25, -0.2) is 0 Å². The van der Waals surface area contributed by atoms with E-state index in [2.05, 4.69) is 23.2 Å². The minimum Gasteiger partial charge on any atom is -0.399 e. The summed E-state index contributed by atoms with van der Waals surface area (Å²) in [6.45, 7) is 7.25. The van der Waals surface area contributed by atoms with Crippen LogP contribution in [0.1, 0.15) is 31.7 Å². The maximum Gasteiger partial charge on any atom is 0.224 e. The van der Waals surface area contributed by atoms with Crippen LogP contribution in [0.25, 0.3) is 0 Å². The highest BCUT2D eigenvalue weighted by atomic mass is 16.1. The molecule has 0 fully saturated rings. The number of nitrogen functional groups attached to an aromatic ring is 1. The number of amides is 1. The van der Waals surface area contributed by atoms with Crippen molar-refractivity contribution in [3.05, 3.63) is 35.4 Å². The van der Waals surface area contributed by atoms with Crippen molar-refractivity contribution >= 4 is 17.3 Å². The molecule has 114 valence electrons. The lowest BCUT2D eigenvalue weighted by molar-refractivity contribution is -0.116. The third kappa shape index (κ3) is 4.90. The lowest BCUT2D eigenvalue weighted by Crippen LogP contribution is -2.30. The summed E-state index contributed by atoms with van der Waals surface area (Å²) in [5.74, 6) is 0.0624. The zero-order valence-corrected chi connectivity index (χ0v) is 13.0. The van der Waals surface area contributed by atoms with Gasteiger partial charge in [0.1, 0.15) is 0 Å². The van der Waals surface area contributed by atoms with Crippen molar-refractivity contribution in [1.82, 2.24) is 4.90 Å². The summed E-state index contributed by atoms with van der Waals surface area (Å²) < 4.78 is 0. The minimum atomic E-state index is 0.0624. The molecule has 0 aliphatic carbocycles. The Bertz CT molecular complexity index is 537. The molecule has 0 unspecified atom stereocenters. The number of carbonyl (C=O) groups is 1. The van der Waals surface area contributed by atoms with E-state index >= 15 is 0 Å². The maximum atomic E-state index is 12.0. The molecule has 0 aromatic heterocycles. The number of nitrogens with one attached hydrogen (secondary N) is 1. The summed E-state index contributed by atoms with van der Waals surface area (Å²) in [7, 11) is 0. The normalized spacial score (nSPS) is 15.6. The first-order chi connectivity index (χ1) is 10.0. The third-order valence-corrected chi connectivity index (χ3v) is 3.93. The van der Waals surface area contributed by atoms with Crippen LogP contribution in [0.15, 0.2) is 29.8 Å². The summed E-state index contributed by atoms with van der Waals surface area (Å²) in [4.78, 5) is 14.4. The SMILES string of the molecule is CC1=CCN(CCCC(=O)Nc2cc(N)ccc2C)CC1. The van der Waals surface area contributed by atoms with E-state index in [9.17, 15) is 4.79 Å². The zero-order valence-electron chi connectivity index (χ0n) is 13.0. The van der Waals surface area contributed by atoms with Gasteiger partial charge in [-0.3, -0.25) is 9.69 Å². The number of rotatable bonds is 5. The van der Waals surface area contributed by atoms with Gasteiger partial charge >= 0.3 is 0 Å². The molecule has 1 aliphatic rings. The molecule has 21 heavy (non-hydrogen) atoms. The Morgan fingerprint density at radius 3 is 2.90 bits per heavy atom. The molecule has 1 aromatic rings. The zero-order chi connectivity index (χ0) is 15.2. The van der Waals surface area contributed by atoms with E-state index in [0.717, 1.165) is 43.7 Å². The first-order valence-corrected chi connectivity index (χ1v) is 7.58. The fourth-order valence-electron chi connectivity index (χ4n) is 2.47. The van der Waals surface area contributed by atoms with E-state index in [0.29, 0.717) is 12.1 Å². The van der Waals surface area contributed by atoms with Crippen LogP contribution >= 0.6 is 0 Å². The Hall–Kier alpha value is -1.81. The molecule has 0 atom stereocenters. The number of carbonyl (C=O) groups excluding carboxylic acids is 1. The van der Waals surface area contributed by atoms with Gasteiger partial charge in [-0.1, -0.05) is 17.7 Å². The van der Waals surface area contributed by atoms with E-state index in [1.165, 1.54) is 5.57 Å². The quantitative estimate of drug-likeness (QED) is 0.646. The van der Waals surface area contributed by atoms with Crippen molar-refractivity contribution in [2.75, 3.05) is 30.7 Å². The summed E-state index contributed by atoms with van der Waals surface area (Å²) in [5, 5.41) is 2.95. The van der Waals surface area contributed by atoms with E-state index < -0.39 is 0 Å². The number of hydrogen-bond donors (Lipinski definition) is 2. The van der Waals surface area contributed by atoms with Gasteiger partial charge in [0.25, 0.3) is 0 Å². The summed E-state index contributed by atoms with van der Waals surface area (Å²) in [6.07, 6.45) is 4.86. The van der Waals surface area contributed by atoms with Crippen LogP contribution in [0.2, 0.25) is 0 Å². The smallest absolute Gasteiger partial charge is 0.224 e. The number of benzene rings is 1. The predicted octanol–water partition coefficient (Wildman–Crippen LogP) is 2.95. The van der Waals surface area contributed by atoms with Crippen molar-refractivity contribution in [1.29, 1.82) is 0 Å². The molecular weight excluding hydrogens is 262 g/mol. The first kappa shape index (κ1) is 15.6. The van der Waals surface area contributed by atoms with Gasteiger partial charge in [-0.05, 0) is 50.9 Å². The van der Waals surface area contributed by atoms with E-state index in [1.54, 1.807) is 0 Å². The summed E-state index contributed by atoms with van der Waals surface area (Å²) in [5.41, 5.74) is 9.75. The number of hydrogen-bond acceptors (Lipinski definition) is 3. The van der Waals surface area contributed by atoms with E-state index in [1.807, 2.05) is 25.1 Å². The molecule has 1 heterocycles. The topological polar surface area (TPSA) is 58.4 Å². The molecular formula is C17H25N3O. The lowest BCUT2D eigenvalue weighted by Gasteiger charge is -2.24. The Labute approximate surface area is 127 Å². The molecule has 2 rings (SSSR count). The van der Waals surface area contributed by atoms with Gasteiger partial charge in [-0.2, -0.15) is 0 Å². The van der Waals surface area contributed by atoms with Crippen molar-refractivity contribution in [3.8, 4) is 0 Å². The summed E-state index contributed by atoms with van der Waals surface area (Å²) in [6, 6.07) is 5.58. The van der Waals surface area contributed by atoms with Gasteiger partial charge in [0, 0.05) is 30.9 Å². The molecule has 1 aromatic carbocycles. The van der Waals surface area contributed by atoms with Gasteiger partial charge < -0.3 is 11.1 Å². The van der Waals surface area contributed by atoms with Gasteiger partial charge in [0.2, 0.25) is 5.91 Å². The standard InChI is InChI=1S/C17H25N3O/c1-13-7-10-20(11-8-13)9-3-4-17(21)19-16-12-15(18)6-5-14(16)2/h5-7,12H,3-4,8-11,18H2,1-2H3,(H,19,21). The second kappa shape index (κ2) is 7.27. The van der Waals surface area contributed by atoms with Gasteiger partial charge in [0.15, 0.2) is 0 Å². The average Bonchev–Trinajstić information content (AvgIpc) is 2.45. The van der Waals surface area contributed by atoms with Crippen molar-refractivity contribution in [2.24, 2.45) is 0 Å². The van der Waals surface area contributed by atoms with Crippen LogP contribution in [0.3, 0.4) is 0 Å². The lowest BCUT2D eigenvalue weighted by atomic mass is 10.1. The molecule has 0 radical (unpaired) electrons. The Kier molecular flexibility index (Phi) is 5.39. The molecule has 4 heteroatoms. The molecule has 0 saturated heterocycles. The van der Waals surface area contributed by atoms with Crippen molar-refractivity contribution in [2.45, 2.75) is 33.1 Å². The minimum absolute atomic E-state index is 0.0624. The number of nitrogens with two attached hydrogens (primary N) is 1. The van der Waals surface area contributed by atoms with Crippen LogP contribution in [-0.4, -0.2) is 30.4 Å². The Balaban J connectivity index is 1.74. The average molecular weight is 287 g/mol. The largest absolute Gasteiger partial charge is 0.399 e. The molecule has 0 saturated carbocycles. The van der Waals surface area contributed by atoms with Crippen LogP contribution in [0.5, 0.6) is 0 Å². The Morgan fingerprint density at radius 1 is 1.38 bits per heavy atom. The molecule has 0 spiro atoms. The fourth-order valence-corrected chi connectivity index (χ4v) is 2.47. The summed E-state index contributed by atoms with van der Waals surface area (Å²) >= 11 is 0. The molecule has 1 amide bonds. The second-order valence-corrected chi connectivity index (χ2v) is 5.83. The van der Waals surface area contributed by atoms with Crippen LogP contribution < -0.4 is 11.1 Å². The van der Waals surface area contributed by atoms with Crippen LogP contribution in [0.4, 0.5) is 11.4 Å². The molecule has 0 bridgehead atoms. The number of nitrogens with zero attached hydrogens (tertiary/aromatic N) is 1. The highest BCUT2D eigenvalue weighted by Gasteiger charge is 2.10. The van der Waals surface area contributed by atoms with E-state index in [4.69, 9.17) is 5.73 Å². The molecule has 3 N–H and O–H groups in total. The van der Waals surface area contributed by atoms with Gasteiger partial charge in [-0.15, -0.1) is 0 Å². The number of aryl methyl sites for hydroxylation is 1. The van der Waals surface area contributed by atoms with Crippen LogP contribution in [-0.2, 0) is 4.79 Å². The highest BCUT2D eigenvalue weighted by molar-refractivity contribution is 5.91. The number of anilines is 2. The highest BCUT2D eigenvalue weighted by Crippen LogP contribution is 2.18. The monoisotopic (exact) mass is 287 g/mol. The van der Waals surface area contributed by atoms with Crippen molar-refractivity contribution in [3.63, 3.8) is 0 Å². The molecule has 4 nitrogen and oxygen atoms in total. The first-order valence-electron chi connectivity index (χ1n) is 7.58. The van der Waals surface area contributed by atoms with Gasteiger partial charge in [0.05, 0.1) is 0 Å². The van der Waals surface area contributed by atoms with Crippen LogP contribution in [0, 0.1) is 6.92 Å². The molecule has 1 aliphatic heterocycles. The second-order valence-electron chi connectivity index (χ2n) is 5.83.